The van der Waals surface area contributed by atoms with E-state index in [0.717, 1.165) is 30.1 Å². The Hall–Kier alpha value is -0.314. The van der Waals surface area contributed by atoms with Crippen LogP contribution in [-0.2, 0) is 52.4 Å². The maximum absolute atomic E-state index is 2.60. The van der Waals surface area contributed by atoms with E-state index in [9.17, 15) is 0 Å². The van der Waals surface area contributed by atoms with Crippen LogP contribution in [0.3, 0.4) is 0 Å². The maximum Gasteiger partial charge on any atom is 3.00 e. The van der Waals surface area contributed by atoms with Crippen molar-refractivity contribution in [3.63, 3.8) is 0 Å². The maximum atomic E-state index is 2.60. The van der Waals surface area contributed by atoms with Crippen molar-refractivity contribution in [1.82, 2.24) is 0 Å². The number of benzene rings is 1. The van der Waals surface area contributed by atoms with Crippen molar-refractivity contribution >= 4 is 6.08 Å². The zero-order valence-electron chi connectivity index (χ0n) is 31.0. The predicted molar refractivity (Wildman–Crippen MR) is 194 cm³/mol. The molecule has 0 aromatic heterocycles. The van der Waals surface area contributed by atoms with Crippen LogP contribution in [0, 0.1) is 78.4 Å². The number of hydrogen-bond donors (Lipinski definition) is 0. The summed E-state index contributed by atoms with van der Waals surface area (Å²) in [7, 11) is 0. The first-order chi connectivity index (χ1) is 19.7. The zero-order chi connectivity index (χ0) is 30.1. The topological polar surface area (TPSA) is 0 Å². The Labute approximate surface area is 323 Å². The summed E-state index contributed by atoms with van der Waals surface area (Å²) in [6, 6.07) is 8.92. The van der Waals surface area contributed by atoms with Crippen molar-refractivity contribution in [2.45, 2.75) is 100 Å². The van der Waals surface area contributed by atoms with Crippen molar-refractivity contribution in [2.75, 3.05) is 0 Å². The fourth-order valence-corrected chi connectivity index (χ4v) is 9.76. The molecule has 0 N–H and O–H groups in total. The van der Waals surface area contributed by atoms with E-state index in [4.69, 9.17) is 0 Å². The molecule has 2 heteroatoms. The van der Waals surface area contributed by atoms with Crippen LogP contribution in [0.25, 0.3) is 6.08 Å². The Kier molecular flexibility index (Phi) is 13.5. The van der Waals surface area contributed by atoms with E-state index in [1.54, 1.807) is 5.57 Å². The normalized spacial score (nSPS) is 35.4. The SMILES string of the molecule is CC(C)(C)C1=CCC(C2(C)C=CC(C)(C)C3[CH-]CCC32)=C1.CC1(C)C=CC(C)(C2C=Cc3ccccc32)C2CC[CH-]C21.[CH3-].[CH3-].[Zr+3].[Zr]. The van der Waals surface area contributed by atoms with E-state index < -0.39 is 0 Å². The molecule has 7 atom stereocenters. The van der Waals surface area contributed by atoms with Gasteiger partial charge in [0.2, 0.25) is 0 Å². The minimum absolute atomic E-state index is 0. The predicted octanol–water partition coefficient (Wildman–Crippen LogP) is 12.6. The molecule has 1 radical (unpaired) electrons. The van der Waals surface area contributed by atoms with Crippen LogP contribution in [0.5, 0.6) is 0 Å². The largest absolute Gasteiger partial charge is 3.00 e. The second-order valence-corrected chi connectivity index (χ2v) is 17.1. The summed E-state index contributed by atoms with van der Waals surface area (Å²) in [6.45, 7) is 21.6. The van der Waals surface area contributed by atoms with Crippen LogP contribution in [0.4, 0.5) is 0 Å². The first kappa shape index (κ1) is 41.9. The third-order valence-electron chi connectivity index (χ3n) is 12.6. The Bertz CT molecular complexity index is 1360. The molecule has 1 aromatic rings. The fraction of sp³-hybridized carbons (Fsp3) is 0.545. The molecule has 0 amide bonds. The van der Waals surface area contributed by atoms with Crippen molar-refractivity contribution in [2.24, 2.45) is 50.7 Å². The monoisotopic (exact) mass is 770 g/mol. The van der Waals surface area contributed by atoms with E-state index in [-0.39, 0.29) is 83.5 Å². The van der Waals surface area contributed by atoms with Crippen LogP contribution >= 0.6 is 0 Å². The van der Waals surface area contributed by atoms with Gasteiger partial charge in [-0.25, -0.2) is 0 Å². The number of fused-ring (bicyclic) bond motifs is 3. The van der Waals surface area contributed by atoms with Gasteiger partial charge in [-0.1, -0.05) is 165 Å². The van der Waals surface area contributed by atoms with Crippen molar-refractivity contribution in [3.05, 3.63) is 117 Å². The molecule has 247 valence electrons. The summed E-state index contributed by atoms with van der Waals surface area (Å²) in [6.07, 6.45) is 31.4. The molecule has 0 spiro atoms. The molecule has 7 unspecified atom stereocenters. The second kappa shape index (κ2) is 14.9. The van der Waals surface area contributed by atoms with Gasteiger partial charge in [0.15, 0.2) is 0 Å². The fourth-order valence-electron chi connectivity index (χ4n) is 9.76. The van der Waals surface area contributed by atoms with Crippen molar-refractivity contribution in [1.29, 1.82) is 0 Å². The standard InChI is InChI=1S/C21H25.C21H31.2CH3.2Zr/c1-20(2)13-14-21(3,19-10-6-9-18(19)20)17-12-11-15-7-4-5-8-16(15)17;1-19(2,3)15-10-11-16(14-15)21(6)13-12-20(4,5)17-8-7-9-18(17)21;;;;/h4-5,7-9,11-14,17-19H,6,10H2,1-3H3;8,10,12-14,17-18H,7,9,11H2,1-6H3;2*1H3;;/q4*-1;;+3. The van der Waals surface area contributed by atoms with E-state index in [0.29, 0.717) is 16.7 Å². The molecular formula is C44H62Zr2-. The molecule has 2 saturated carbocycles. The van der Waals surface area contributed by atoms with Gasteiger partial charge < -0.3 is 27.7 Å². The summed E-state index contributed by atoms with van der Waals surface area (Å²) in [5.41, 5.74) is 7.56. The Morgan fingerprint density at radius 1 is 0.761 bits per heavy atom. The molecule has 6 aliphatic carbocycles. The molecular weight excluding hydrogens is 711 g/mol. The molecule has 0 saturated heterocycles. The van der Waals surface area contributed by atoms with Gasteiger partial charge in [0.05, 0.1) is 0 Å². The number of rotatable bonds is 2. The average molecular weight is 773 g/mol. The number of hydrogen-bond acceptors (Lipinski definition) is 0. The second-order valence-electron chi connectivity index (χ2n) is 17.1. The third-order valence-corrected chi connectivity index (χ3v) is 12.6. The Balaban J connectivity index is 0.000000295. The van der Waals surface area contributed by atoms with E-state index in [2.05, 4.69) is 148 Å². The molecule has 7 rings (SSSR count). The van der Waals surface area contributed by atoms with Gasteiger partial charge in [-0.05, 0) is 44.8 Å². The molecule has 2 fully saturated rings. The van der Waals surface area contributed by atoms with Gasteiger partial charge in [0.25, 0.3) is 0 Å². The molecule has 6 aliphatic rings. The smallest absolute Gasteiger partial charge is 0.358 e. The van der Waals surface area contributed by atoms with Crippen LogP contribution in [0.1, 0.15) is 111 Å². The Morgan fingerprint density at radius 2 is 1.33 bits per heavy atom. The summed E-state index contributed by atoms with van der Waals surface area (Å²) in [4.78, 5) is 0. The summed E-state index contributed by atoms with van der Waals surface area (Å²) in [5, 5.41) is 0. The van der Waals surface area contributed by atoms with Crippen LogP contribution in [-0.4, -0.2) is 0 Å². The van der Waals surface area contributed by atoms with Crippen LogP contribution in [0.15, 0.2) is 77.9 Å². The summed E-state index contributed by atoms with van der Waals surface area (Å²) >= 11 is 0. The van der Waals surface area contributed by atoms with Crippen molar-refractivity contribution in [3.8, 4) is 0 Å². The van der Waals surface area contributed by atoms with Crippen molar-refractivity contribution < 1.29 is 52.4 Å². The number of allylic oxidation sites excluding steroid dienone is 9. The quantitative estimate of drug-likeness (QED) is 0.207. The molecule has 0 aliphatic heterocycles. The van der Waals surface area contributed by atoms with Gasteiger partial charge in [0, 0.05) is 37.5 Å². The zero-order valence-corrected chi connectivity index (χ0v) is 35.9. The third kappa shape index (κ3) is 7.26. The minimum Gasteiger partial charge on any atom is -0.358 e. The molecule has 0 bridgehead atoms. The van der Waals surface area contributed by atoms with Gasteiger partial charge >= 0.3 is 26.2 Å². The summed E-state index contributed by atoms with van der Waals surface area (Å²) < 4.78 is 0. The van der Waals surface area contributed by atoms with E-state index >= 15 is 0 Å². The van der Waals surface area contributed by atoms with Gasteiger partial charge in [-0.3, -0.25) is 0 Å². The van der Waals surface area contributed by atoms with Gasteiger partial charge in [0.1, 0.15) is 0 Å². The molecule has 46 heavy (non-hydrogen) atoms. The molecule has 0 nitrogen and oxygen atoms in total. The Morgan fingerprint density at radius 3 is 1.93 bits per heavy atom. The van der Waals surface area contributed by atoms with Crippen LogP contribution in [0.2, 0.25) is 0 Å². The van der Waals surface area contributed by atoms with Crippen LogP contribution < -0.4 is 0 Å². The van der Waals surface area contributed by atoms with Gasteiger partial charge in [-0.2, -0.15) is 24.7 Å². The first-order valence-electron chi connectivity index (χ1n) is 16.9. The summed E-state index contributed by atoms with van der Waals surface area (Å²) in [5.74, 6) is 3.58. The first-order valence-corrected chi connectivity index (χ1v) is 16.9. The van der Waals surface area contributed by atoms with E-state index in [1.807, 2.05) is 0 Å². The van der Waals surface area contributed by atoms with E-state index in [1.165, 1.54) is 42.4 Å². The minimum atomic E-state index is 0. The van der Waals surface area contributed by atoms with Gasteiger partial charge in [-0.15, -0.1) is 0 Å². The molecule has 0 heterocycles. The molecule has 1 aromatic carbocycles. The average Bonchev–Trinajstić information content (AvgIpc) is 3.74.